The fourth-order valence-electron chi connectivity index (χ4n) is 1.63. The van der Waals surface area contributed by atoms with Crippen molar-refractivity contribution in [3.63, 3.8) is 0 Å². The molecule has 0 aliphatic carbocycles. The van der Waals surface area contributed by atoms with Gasteiger partial charge in [0.05, 0.1) is 5.75 Å². The molecule has 1 fully saturated rings. The molecule has 17 heavy (non-hydrogen) atoms. The maximum absolute atomic E-state index is 11.7. The number of aliphatic carboxylic acids is 1. The summed E-state index contributed by atoms with van der Waals surface area (Å²) < 4.78 is 0. The van der Waals surface area contributed by atoms with Crippen LogP contribution in [0.25, 0.3) is 0 Å². The normalized spacial score (nSPS) is 20.4. The Morgan fingerprint density at radius 3 is 3.12 bits per heavy atom. The molecular weight excluding hydrogens is 240 g/mol. The first-order valence-corrected chi connectivity index (χ1v) is 6.23. The van der Waals surface area contributed by atoms with Crippen molar-refractivity contribution in [2.75, 3.05) is 12.3 Å². The van der Waals surface area contributed by atoms with Crippen molar-refractivity contribution in [3.8, 4) is 0 Å². The van der Waals surface area contributed by atoms with Gasteiger partial charge < -0.3 is 10.0 Å². The van der Waals surface area contributed by atoms with E-state index in [0.717, 1.165) is 5.56 Å². The van der Waals surface area contributed by atoms with Crippen LogP contribution in [0.15, 0.2) is 24.5 Å². The maximum atomic E-state index is 11.7. The van der Waals surface area contributed by atoms with Gasteiger partial charge in [0.2, 0.25) is 5.91 Å². The summed E-state index contributed by atoms with van der Waals surface area (Å²) in [6.07, 6.45) is 3.35. The number of rotatable bonds is 3. The summed E-state index contributed by atoms with van der Waals surface area (Å²) in [5, 5.41) is 8.41. The summed E-state index contributed by atoms with van der Waals surface area (Å²) in [5.41, 5.74) is 0.914. The van der Waals surface area contributed by atoms with Crippen LogP contribution in [0.4, 0.5) is 0 Å². The molecule has 2 rings (SSSR count). The first-order valence-electron chi connectivity index (χ1n) is 5.18. The summed E-state index contributed by atoms with van der Waals surface area (Å²) in [6, 6.07) is 3.67. The summed E-state index contributed by atoms with van der Waals surface area (Å²) in [6.45, 7) is 0.685. The lowest BCUT2D eigenvalue weighted by molar-refractivity contribution is -0.138. The smallest absolute Gasteiger partial charge is 0.318 e. The number of hydrogen-bond donors (Lipinski definition) is 1. The lowest BCUT2D eigenvalue weighted by Crippen LogP contribution is -2.44. The zero-order valence-electron chi connectivity index (χ0n) is 9.07. The molecule has 1 saturated heterocycles. The van der Waals surface area contributed by atoms with Crippen molar-refractivity contribution in [2.45, 2.75) is 11.8 Å². The Morgan fingerprint density at radius 1 is 1.65 bits per heavy atom. The molecule has 0 aromatic carbocycles. The number of carbonyl (C=O) groups excluding carboxylic acids is 1. The molecule has 1 atom stereocenters. The first kappa shape index (κ1) is 11.9. The molecule has 1 aliphatic rings. The highest BCUT2D eigenvalue weighted by Crippen LogP contribution is 2.21. The van der Waals surface area contributed by atoms with Crippen LogP contribution in [0.3, 0.4) is 0 Å². The minimum absolute atomic E-state index is 0.0173. The average molecular weight is 252 g/mol. The first-order chi connectivity index (χ1) is 8.16. The maximum Gasteiger partial charge on any atom is 0.318 e. The van der Waals surface area contributed by atoms with E-state index in [9.17, 15) is 9.59 Å². The topological polar surface area (TPSA) is 70.5 Å². The van der Waals surface area contributed by atoms with E-state index in [1.165, 1.54) is 11.8 Å². The third-order valence-electron chi connectivity index (χ3n) is 2.52. The molecule has 0 spiro atoms. The molecule has 1 aliphatic heterocycles. The van der Waals surface area contributed by atoms with Crippen molar-refractivity contribution in [2.24, 2.45) is 0 Å². The molecule has 1 unspecified atom stereocenters. The number of aromatic nitrogens is 1. The number of hydrogen-bond acceptors (Lipinski definition) is 4. The molecule has 2 heterocycles. The molecule has 90 valence electrons. The van der Waals surface area contributed by atoms with Crippen LogP contribution in [0, 0.1) is 0 Å². The Kier molecular flexibility index (Phi) is 3.63. The molecular formula is C11H12N2O3S. The van der Waals surface area contributed by atoms with Crippen molar-refractivity contribution in [1.82, 2.24) is 9.88 Å². The third-order valence-corrected chi connectivity index (χ3v) is 3.69. The minimum Gasteiger partial charge on any atom is -0.480 e. The van der Waals surface area contributed by atoms with Gasteiger partial charge in [-0.15, -0.1) is 11.8 Å². The Morgan fingerprint density at radius 2 is 2.47 bits per heavy atom. The van der Waals surface area contributed by atoms with Crippen molar-refractivity contribution in [3.05, 3.63) is 30.1 Å². The summed E-state index contributed by atoms with van der Waals surface area (Å²) in [5.74, 6) is -0.646. The van der Waals surface area contributed by atoms with Crippen LogP contribution < -0.4 is 0 Å². The number of thioether (sulfide) groups is 1. The summed E-state index contributed by atoms with van der Waals surface area (Å²) in [7, 11) is 0. The second-order valence-corrected chi connectivity index (χ2v) is 4.96. The van der Waals surface area contributed by atoms with Gasteiger partial charge in [0.1, 0.15) is 5.25 Å². The molecule has 1 aromatic rings. The van der Waals surface area contributed by atoms with Gasteiger partial charge in [0.25, 0.3) is 0 Å². The van der Waals surface area contributed by atoms with Crippen molar-refractivity contribution < 1.29 is 14.7 Å². The Hall–Kier alpha value is -1.56. The quantitative estimate of drug-likeness (QED) is 0.853. The van der Waals surface area contributed by atoms with Crippen LogP contribution in [0.1, 0.15) is 5.56 Å². The van der Waals surface area contributed by atoms with Crippen LogP contribution in [-0.2, 0) is 16.1 Å². The second kappa shape index (κ2) is 5.18. The van der Waals surface area contributed by atoms with Gasteiger partial charge in [-0.25, -0.2) is 0 Å². The molecule has 6 heteroatoms. The Bertz CT molecular complexity index is 424. The number of nitrogens with zero attached hydrogens (tertiary/aromatic N) is 2. The predicted molar refractivity (Wildman–Crippen MR) is 63.5 cm³/mol. The van der Waals surface area contributed by atoms with E-state index in [1.807, 2.05) is 6.07 Å². The van der Waals surface area contributed by atoms with E-state index in [0.29, 0.717) is 6.54 Å². The van der Waals surface area contributed by atoms with Crippen LogP contribution >= 0.6 is 11.8 Å². The van der Waals surface area contributed by atoms with E-state index in [-0.39, 0.29) is 18.2 Å². The van der Waals surface area contributed by atoms with Gasteiger partial charge in [-0.05, 0) is 11.6 Å². The Labute approximate surface area is 103 Å². The molecule has 1 N–H and O–H groups in total. The van der Waals surface area contributed by atoms with E-state index in [4.69, 9.17) is 5.11 Å². The number of pyridine rings is 1. The summed E-state index contributed by atoms with van der Waals surface area (Å²) >= 11 is 1.19. The molecule has 5 nitrogen and oxygen atoms in total. The van der Waals surface area contributed by atoms with Crippen molar-refractivity contribution >= 4 is 23.6 Å². The lowest BCUT2D eigenvalue weighted by Gasteiger charge is -2.30. The van der Waals surface area contributed by atoms with Crippen molar-refractivity contribution in [1.29, 1.82) is 0 Å². The summed E-state index contributed by atoms with van der Waals surface area (Å²) in [4.78, 5) is 28.1. The molecule has 0 saturated carbocycles. The molecule has 1 aromatic heterocycles. The molecule has 0 radical (unpaired) electrons. The van der Waals surface area contributed by atoms with E-state index in [1.54, 1.807) is 23.4 Å². The standard InChI is InChI=1S/C11H12N2O3S/c14-10-7-17-9(11(15)16)6-13(10)5-8-2-1-3-12-4-8/h1-4,9H,5-7H2,(H,15,16). The van der Waals surface area contributed by atoms with Crippen LogP contribution in [-0.4, -0.2) is 44.4 Å². The van der Waals surface area contributed by atoms with E-state index in [2.05, 4.69) is 4.98 Å². The Balaban J connectivity index is 2.04. The van der Waals surface area contributed by atoms with Gasteiger partial charge >= 0.3 is 5.97 Å². The number of carbonyl (C=O) groups is 2. The highest BCUT2D eigenvalue weighted by atomic mass is 32.2. The SMILES string of the molecule is O=C(O)C1CN(Cc2cccnc2)C(=O)CS1. The van der Waals surface area contributed by atoms with Gasteiger partial charge in [-0.1, -0.05) is 6.07 Å². The lowest BCUT2D eigenvalue weighted by atomic mass is 10.2. The van der Waals surface area contributed by atoms with Gasteiger partial charge in [-0.2, -0.15) is 0 Å². The highest BCUT2D eigenvalue weighted by molar-refractivity contribution is 8.01. The van der Waals surface area contributed by atoms with Gasteiger partial charge in [0.15, 0.2) is 0 Å². The fraction of sp³-hybridized carbons (Fsp3) is 0.364. The second-order valence-electron chi connectivity index (χ2n) is 3.77. The monoisotopic (exact) mass is 252 g/mol. The zero-order chi connectivity index (χ0) is 12.3. The molecule has 1 amide bonds. The highest BCUT2D eigenvalue weighted by Gasteiger charge is 2.30. The van der Waals surface area contributed by atoms with Crippen LogP contribution in [0.2, 0.25) is 0 Å². The number of carboxylic acid groups (broad SMARTS) is 1. The van der Waals surface area contributed by atoms with E-state index < -0.39 is 11.2 Å². The number of amides is 1. The van der Waals surface area contributed by atoms with Gasteiger partial charge in [0, 0.05) is 25.5 Å². The fourth-order valence-corrected chi connectivity index (χ4v) is 2.59. The number of carboxylic acids is 1. The predicted octanol–water partition coefficient (Wildman–Crippen LogP) is 0.610. The van der Waals surface area contributed by atoms with Crippen LogP contribution in [0.5, 0.6) is 0 Å². The largest absolute Gasteiger partial charge is 0.480 e. The zero-order valence-corrected chi connectivity index (χ0v) is 9.89. The third kappa shape index (κ3) is 2.97. The van der Waals surface area contributed by atoms with E-state index >= 15 is 0 Å². The molecule has 0 bridgehead atoms. The average Bonchev–Trinajstić information content (AvgIpc) is 2.33. The minimum atomic E-state index is -0.862. The van der Waals surface area contributed by atoms with Gasteiger partial charge in [-0.3, -0.25) is 14.6 Å².